The second kappa shape index (κ2) is 11.1. The van der Waals surface area contributed by atoms with Gasteiger partial charge in [-0.25, -0.2) is 13.2 Å². The Balaban J connectivity index is 2.36. The molecule has 0 atom stereocenters. The highest BCUT2D eigenvalue weighted by atomic mass is 35.5. The monoisotopic (exact) mass is 469 g/mol. The Kier molecular flexibility index (Phi) is 8.82. The van der Waals surface area contributed by atoms with Crippen molar-refractivity contribution in [2.45, 2.75) is 38.0 Å². The molecule has 0 amide bonds. The Morgan fingerprint density at radius 2 is 2.06 bits per heavy atom. The Morgan fingerprint density at radius 3 is 2.71 bits per heavy atom. The first-order valence-corrected chi connectivity index (χ1v) is 11.6. The molecule has 0 spiro atoms. The van der Waals surface area contributed by atoms with Crippen molar-refractivity contribution in [1.29, 1.82) is 0 Å². The molecule has 0 bridgehead atoms. The number of rotatable bonds is 10. The average molecular weight is 470 g/mol. The zero-order valence-corrected chi connectivity index (χ0v) is 18.9. The smallest absolute Gasteiger partial charge is 0.344 e. The average Bonchev–Trinajstić information content (AvgIpc) is 2.72. The summed E-state index contributed by atoms with van der Waals surface area (Å²) in [6.45, 7) is 6.69. The molecule has 0 radical (unpaired) electrons. The Bertz CT molecular complexity index is 1030. The number of carbonyl (C=O) groups excluding carboxylic acids is 2. The van der Waals surface area contributed by atoms with Crippen molar-refractivity contribution >= 4 is 38.9 Å². The summed E-state index contributed by atoms with van der Waals surface area (Å²) < 4.78 is 35.9. The van der Waals surface area contributed by atoms with Crippen LogP contribution in [0.4, 0.5) is 0 Å². The first-order chi connectivity index (χ1) is 14.7. The number of hydrogen-bond donors (Lipinski definition) is 0. The third kappa shape index (κ3) is 6.67. The van der Waals surface area contributed by atoms with Gasteiger partial charge in [-0.1, -0.05) is 36.3 Å². The predicted octanol–water partition coefficient (Wildman–Crippen LogP) is 3.88. The number of benzene rings is 1. The first-order valence-electron chi connectivity index (χ1n) is 9.59. The fourth-order valence-corrected chi connectivity index (χ4v) is 4.03. The minimum Gasteiger partial charge on any atom is -0.485 e. The lowest BCUT2D eigenvalue weighted by molar-refractivity contribution is -0.115. The number of esters is 1. The normalized spacial score (nSPS) is 14.6. The molecule has 0 heterocycles. The minimum atomic E-state index is -3.70. The highest BCUT2D eigenvalue weighted by Gasteiger charge is 2.26. The van der Waals surface area contributed by atoms with Crippen LogP contribution in [0.3, 0.4) is 0 Å². The van der Waals surface area contributed by atoms with Crippen LogP contribution in [0.5, 0.6) is 5.75 Å². The van der Waals surface area contributed by atoms with E-state index < -0.39 is 15.8 Å². The van der Waals surface area contributed by atoms with Crippen LogP contribution in [0.15, 0.2) is 46.7 Å². The van der Waals surface area contributed by atoms with Crippen molar-refractivity contribution in [3.05, 3.63) is 47.2 Å². The van der Waals surface area contributed by atoms with Crippen LogP contribution in [-0.2, 0) is 24.2 Å². The van der Waals surface area contributed by atoms with Crippen molar-refractivity contribution in [3.8, 4) is 5.75 Å². The largest absolute Gasteiger partial charge is 0.485 e. The summed E-state index contributed by atoms with van der Waals surface area (Å²) >= 11 is 6.37. The Labute approximate surface area is 186 Å². The lowest BCUT2D eigenvalue weighted by Crippen LogP contribution is -2.15. The lowest BCUT2D eigenvalue weighted by Gasteiger charge is -2.16. The van der Waals surface area contributed by atoms with E-state index in [1.807, 2.05) is 0 Å². The van der Waals surface area contributed by atoms with Gasteiger partial charge in [-0.05, 0) is 25.5 Å². The van der Waals surface area contributed by atoms with E-state index in [9.17, 15) is 18.0 Å². The third-order valence-corrected chi connectivity index (χ3v) is 6.35. The number of oxime groups is 1. The SMILES string of the molecule is C=CCON=C(C)COc1c(S(=O)(=O)CC)ccc(C(=O)OC2=CC(=O)CCC2)c1Cl. The van der Waals surface area contributed by atoms with Gasteiger partial charge >= 0.3 is 5.97 Å². The van der Waals surface area contributed by atoms with E-state index in [0.29, 0.717) is 25.0 Å². The summed E-state index contributed by atoms with van der Waals surface area (Å²) in [6, 6.07) is 2.51. The number of carbonyl (C=O) groups is 2. The molecule has 31 heavy (non-hydrogen) atoms. The maximum absolute atomic E-state index is 12.6. The summed E-state index contributed by atoms with van der Waals surface area (Å²) in [5.41, 5.74) is 0.333. The number of allylic oxidation sites excluding steroid dienone is 2. The molecular formula is C21H24ClNO7S. The maximum atomic E-state index is 12.6. The molecule has 0 aliphatic heterocycles. The van der Waals surface area contributed by atoms with E-state index in [2.05, 4.69) is 11.7 Å². The number of sulfone groups is 1. The van der Waals surface area contributed by atoms with Crippen molar-refractivity contribution < 1.29 is 32.3 Å². The standard InChI is InChI=1S/C21H24ClNO7S/c1-4-11-29-23-14(3)13-28-20-18(31(26,27)5-2)10-9-17(19(20)22)21(25)30-16-8-6-7-15(24)12-16/h4,9-10,12H,1,5-8,11,13H2,2-3H3. The van der Waals surface area contributed by atoms with Gasteiger partial charge in [-0.15, -0.1) is 0 Å². The number of hydrogen-bond acceptors (Lipinski definition) is 8. The van der Waals surface area contributed by atoms with E-state index in [1.165, 1.54) is 31.2 Å². The predicted molar refractivity (Wildman–Crippen MR) is 116 cm³/mol. The van der Waals surface area contributed by atoms with Gasteiger partial charge in [-0.3, -0.25) is 4.79 Å². The second-order valence-corrected chi connectivity index (χ2v) is 9.30. The minimum absolute atomic E-state index is 0.0804. The van der Waals surface area contributed by atoms with Gasteiger partial charge in [0.05, 0.1) is 22.1 Å². The highest BCUT2D eigenvalue weighted by molar-refractivity contribution is 7.91. The molecule has 0 fully saturated rings. The summed E-state index contributed by atoms with van der Waals surface area (Å²) in [4.78, 5) is 29.0. The topological polar surface area (TPSA) is 108 Å². The molecule has 0 aromatic heterocycles. The van der Waals surface area contributed by atoms with E-state index in [-0.39, 0.29) is 51.7 Å². The summed E-state index contributed by atoms with van der Waals surface area (Å²) in [7, 11) is -3.70. The molecule has 0 saturated heterocycles. The van der Waals surface area contributed by atoms with Gasteiger partial charge in [0.15, 0.2) is 21.4 Å². The van der Waals surface area contributed by atoms with Gasteiger partial charge in [0.2, 0.25) is 0 Å². The molecule has 0 unspecified atom stereocenters. The van der Waals surface area contributed by atoms with Crippen LogP contribution >= 0.6 is 11.6 Å². The quantitative estimate of drug-likeness (QED) is 0.168. The van der Waals surface area contributed by atoms with Crippen LogP contribution in [0.2, 0.25) is 5.02 Å². The second-order valence-electron chi connectivity index (χ2n) is 6.68. The fraction of sp³-hybridized carbons (Fsp3) is 0.381. The molecule has 1 aliphatic rings. The Morgan fingerprint density at radius 1 is 1.32 bits per heavy atom. The van der Waals surface area contributed by atoms with E-state index in [4.69, 9.17) is 25.9 Å². The van der Waals surface area contributed by atoms with E-state index in [1.54, 1.807) is 6.92 Å². The zero-order valence-electron chi connectivity index (χ0n) is 17.4. The number of ketones is 1. The molecule has 8 nitrogen and oxygen atoms in total. The molecule has 168 valence electrons. The van der Waals surface area contributed by atoms with Gasteiger partial charge in [0, 0.05) is 18.9 Å². The van der Waals surface area contributed by atoms with Gasteiger partial charge < -0.3 is 14.3 Å². The van der Waals surface area contributed by atoms with Crippen molar-refractivity contribution in [2.75, 3.05) is 19.0 Å². The Hall–Kier alpha value is -2.65. The van der Waals surface area contributed by atoms with Gasteiger partial charge in [-0.2, -0.15) is 0 Å². The molecule has 0 saturated carbocycles. The van der Waals surface area contributed by atoms with Crippen molar-refractivity contribution in [2.24, 2.45) is 5.16 Å². The van der Waals surface area contributed by atoms with Crippen molar-refractivity contribution in [1.82, 2.24) is 0 Å². The zero-order chi connectivity index (χ0) is 23.0. The molecule has 0 N–H and O–H groups in total. The lowest BCUT2D eigenvalue weighted by atomic mass is 10.1. The molecule has 1 aromatic carbocycles. The molecule has 1 aliphatic carbocycles. The molecular weight excluding hydrogens is 446 g/mol. The maximum Gasteiger partial charge on any atom is 0.344 e. The van der Waals surface area contributed by atoms with Crippen LogP contribution in [-0.4, -0.2) is 44.8 Å². The third-order valence-electron chi connectivity index (χ3n) is 4.23. The van der Waals surface area contributed by atoms with Gasteiger partial charge in [0.1, 0.15) is 23.9 Å². The number of ether oxygens (including phenoxy) is 2. The van der Waals surface area contributed by atoms with Crippen LogP contribution in [0.1, 0.15) is 43.5 Å². The van der Waals surface area contributed by atoms with Crippen LogP contribution in [0.25, 0.3) is 0 Å². The summed E-state index contributed by atoms with van der Waals surface area (Å²) in [5.74, 6) is -1.05. The molecule has 2 rings (SSSR count). The van der Waals surface area contributed by atoms with Crippen LogP contribution < -0.4 is 4.74 Å². The highest BCUT2D eigenvalue weighted by Crippen LogP contribution is 2.36. The molecule has 10 heteroatoms. The van der Waals surface area contributed by atoms with E-state index >= 15 is 0 Å². The number of halogens is 1. The summed E-state index contributed by atoms with van der Waals surface area (Å²) in [5, 5.41) is 3.60. The number of nitrogens with zero attached hydrogens (tertiary/aromatic N) is 1. The van der Waals surface area contributed by atoms with Crippen LogP contribution in [0, 0.1) is 0 Å². The van der Waals surface area contributed by atoms with Crippen molar-refractivity contribution in [3.63, 3.8) is 0 Å². The van der Waals surface area contributed by atoms with Gasteiger partial charge in [0.25, 0.3) is 0 Å². The fourth-order valence-electron chi connectivity index (χ4n) is 2.65. The molecule has 1 aromatic rings. The summed E-state index contributed by atoms with van der Waals surface area (Å²) in [6.07, 6.45) is 4.23. The first kappa shape index (κ1) is 24.6. The van der Waals surface area contributed by atoms with E-state index in [0.717, 1.165) is 0 Å².